The molecule has 0 amide bonds. The topological polar surface area (TPSA) is 106 Å². The molecule has 0 saturated carbocycles. The van der Waals surface area contributed by atoms with E-state index in [4.69, 9.17) is 14.2 Å². The average Bonchev–Trinajstić information content (AvgIpc) is 3.26. The number of aromatic nitrogens is 2. The minimum atomic E-state index is -0.503. The molecular weight excluding hydrogens is 378 g/mol. The van der Waals surface area contributed by atoms with E-state index in [-0.39, 0.29) is 12.5 Å². The zero-order valence-corrected chi connectivity index (χ0v) is 15.7. The third-order valence-electron chi connectivity index (χ3n) is 4.60. The van der Waals surface area contributed by atoms with Crippen LogP contribution in [0.4, 0.5) is 5.69 Å². The van der Waals surface area contributed by atoms with Gasteiger partial charge in [-0.1, -0.05) is 12.1 Å². The van der Waals surface area contributed by atoms with Gasteiger partial charge in [0.2, 0.25) is 6.79 Å². The van der Waals surface area contributed by atoms with Crippen LogP contribution in [0.1, 0.15) is 27.3 Å². The molecule has 0 aliphatic carbocycles. The molecule has 2 heterocycles. The number of aryl methyl sites for hydroxylation is 1. The first kappa shape index (κ1) is 18.5. The van der Waals surface area contributed by atoms with Gasteiger partial charge in [0.05, 0.1) is 17.0 Å². The van der Waals surface area contributed by atoms with Gasteiger partial charge in [-0.15, -0.1) is 0 Å². The summed E-state index contributed by atoms with van der Waals surface area (Å²) in [6, 6.07) is 11.7. The van der Waals surface area contributed by atoms with Gasteiger partial charge in [-0.05, 0) is 43.7 Å². The summed E-state index contributed by atoms with van der Waals surface area (Å²) in [5.74, 6) is 0.999. The van der Waals surface area contributed by atoms with E-state index in [1.807, 2.05) is 0 Å². The van der Waals surface area contributed by atoms with Gasteiger partial charge >= 0.3 is 11.7 Å². The number of carbonyl (C=O) groups excluding carboxylic acids is 1. The van der Waals surface area contributed by atoms with Crippen molar-refractivity contribution in [3.63, 3.8) is 0 Å². The molecule has 2 aromatic carbocycles. The summed E-state index contributed by atoms with van der Waals surface area (Å²) in [7, 11) is 0. The van der Waals surface area contributed by atoms with Crippen molar-refractivity contribution in [3.05, 3.63) is 75.1 Å². The van der Waals surface area contributed by atoms with Crippen LogP contribution in [0.5, 0.6) is 17.2 Å². The molecule has 0 radical (unpaired) electrons. The van der Waals surface area contributed by atoms with Crippen molar-refractivity contribution >= 4 is 11.7 Å². The Hall–Kier alpha value is -3.88. The van der Waals surface area contributed by atoms with Crippen molar-refractivity contribution < 1.29 is 23.9 Å². The molecule has 1 aliphatic heterocycles. The second-order valence-corrected chi connectivity index (χ2v) is 6.54. The molecule has 0 N–H and O–H groups in total. The van der Waals surface area contributed by atoms with E-state index in [2.05, 4.69) is 5.10 Å². The molecular formula is C20H17N3O6. The lowest BCUT2D eigenvalue weighted by Crippen LogP contribution is -2.09. The van der Waals surface area contributed by atoms with Crippen LogP contribution < -0.4 is 14.2 Å². The Kier molecular flexibility index (Phi) is 4.63. The Labute approximate surface area is 165 Å². The van der Waals surface area contributed by atoms with Crippen molar-refractivity contribution in [2.24, 2.45) is 0 Å². The smallest absolute Gasteiger partial charge is 0.343 e. The van der Waals surface area contributed by atoms with E-state index < -0.39 is 10.9 Å². The van der Waals surface area contributed by atoms with E-state index in [1.165, 1.54) is 0 Å². The molecule has 1 aromatic heterocycles. The van der Waals surface area contributed by atoms with Crippen molar-refractivity contribution in [3.8, 4) is 17.2 Å². The van der Waals surface area contributed by atoms with Crippen molar-refractivity contribution in [1.82, 2.24) is 9.78 Å². The number of rotatable bonds is 5. The first-order valence-corrected chi connectivity index (χ1v) is 8.81. The number of hydrogen-bond acceptors (Lipinski definition) is 7. The second-order valence-electron chi connectivity index (χ2n) is 6.54. The third kappa shape index (κ3) is 3.62. The largest absolute Gasteiger partial charge is 0.454 e. The van der Waals surface area contributed by atoms with Crippen LogP contribution in [-0.2, 0) is 6.54 Å². The van der Waals surface area contributed by atoms with Gasteiger partial charge in [0, 0.05) is 6.07 Å². The Morgan fingerprint density at radius 2 is 1.90 bits per heavy atom. The molecule has 0 atom stereocenters. The fourth-order valence-corrected chi connectivity index (χ4v) is 3.13. The van der Waals surface area contributed by atoms with E-state index in [0.717, 1.165) is 5.56 Å². The Balaban J connectivity index is 1.46. The maximum Gasteiger partial charge on any atom is 0.343 e. The molecule has 0 unspecified atom stereocenters. The van der Waals surface area contributed by atoms with Crippen LogP contribution >= 0.6 is 0 Å². The molecule has 148 valence electrons. The van der Waals surface area contributed by atoms with Gasteiger partial charge in [0.15, 0.2) is 11.5 Å². The summed E-state index contributed by atoms with van der Waals surface area (Å²) in [5.41, 5.74) is 2.11. The number of nitro groups is 1. The molecule has 0 spiro atoms. The quantitative estimate of drug-likeness (QED) is 0.282. The average molecular weight is 395 g/mol. The summed E-state index contributed by atoms with van der Waals surface area (Å²) < 4.78 is 17.5. The number of carbonyl (C=O) groups is 1. The standard InChI is InChI=1S/C20H17N3O6/c1-12-19(23(25)26)13(2)22(21-12)10-14-3-5-15(6-4-14)20(24)29-16-7-8-17-18(9-16)28-11-27-17/h3-9H,10-11H2,1-2H3. The van der Waals surface area contributed by atoms with Crippen LogP contribution in [-0.4, -0.2) is 27.5 Å². The van der Waals surface area contributed by atoms with Gasteiger partial charge in [0.1, 0.15) is 17.1 Å². The lowest BCUT2D eigenvalue weighted by atomic mass is 10.1. The maximum absolute atomic E-state index is 12.4. The summed E-state index contributed by atoms with van der Waals surface area (Å²) in [6.07, 6.45) is 0. The summed E-state index contributed by atoms with van der Waals surface area (Å²) in [6.45, 7) is 3.77. The SMILES string of the molecule is Cc1nn(Cc2ccc(C(=O)Oc3ccc4c(c3)OCO4)cc2)c(C)c1[N+](=O)[O-]. The van der Waals surface area contributed by atoms with Gasteiger partial charge < -0.3 is 14.2 Å². The van der Waals surface area contributed by atoms with E-state index in [9.17, 15) is 14.9 Å². The number of nitrogens with zero attached hydrogens (tertiary/aromatic N) is 3. The number of benzene rings is 2. The monoisotopic (exact) mass is 395 g/mol. The third-order valence-corrected chi connectivity index (χ3v) is 4.60. The van der Waals surface area contributed by atoms with Crippen LogP contribution in [0.25, 0.3) is 0 Å². The fraction of sp³-hybridized carbons (Fsp3) is 0.200. The zero-order valence-electron chi connectivity index (χ0n) is 15.7. The molecule has 0 bridgehead atoms. The number of fused-ring (bicyclic) bond motifs is 1. The van der Waals surface area contributed by atoms with Crippen molar-refractivity contribution in [2.45, 2.75) is 20.4 Å². The van der Waals surface area contributed by atoms with Crippen LogP contribution in [0, 0.1) is 24.0 Å². The highest BCUT2D eigenvalue weighted by Crippen LogP contribution is 2.35. The first-order valence-electron chi connectivity index (χ1n) is 8.81. The van der Waals surface area contributed by atoms with Crippen LogP contribution in [0.3, 0.4) is 0 Å². The zero-order chi connectivity index (χ0) is 20.5. The van der Waals surface area contributed by atoms with Crippen molar-refractivity contribution in [2.75, 3.05) is 6.79 Å². The lowest BCUT2D eigenvalue weighted by Gasteiger charge is -2.07. The fourth-order valence-electron chi connectivity index (χ4n) is 3.13. The van der Waals surface area contributed by atoms with E-state index >= 15 is 0 Å². The highest BCUT2D eigenvalue weighted by atomic mass is 16.7. The first-order chi connectivity index (χ1) is 13.9. The molecule has 0 saturated heterocycles. The highest BCUT2D eigenvalue weighted by molar-refractivity contribution is 5.91. The lowest BCUT2D eigenvalue weighted by molar-refractivity contribution is -0.386. The van der Waals surface area contributed by atoms with Crippen LogP contribution in [0.2, 0.25) is 0 Å². The molecule has 1 aliphatic rings. The Bertz CT molecular complexity index is 1100. The number of esters is 1. The molecule has 4 rings (SSSR count). The molecule has 9 heteroatoms. The minimum Gasteiger partial charge on any atom is -0.454 e. The maximum atomic E-state index is 12.4. The predicted molar refractivity (Wildman–Crippen MR) is 101 cm³/mol. The summed E-state index contributed by atoms with van der Waals surface area (Å²) in [4.78, 5) is 23.1. The molecule has 3 aromatic rings. The van der Waals surface area contributed by atoms with Crippen molar-refractivity contribution in [1.29, 1.82) is 0 Å². The Morgan fingerprint density at radius 1 is 1.17 bits per heavy atom. The number of ether oxygens (including phenoxy) is 3. The Morgan fingerprint density at radius 3 is 2.59 bits per heavy atom. The highest BCUT2D eigenvalue weighted by Gasteiger charge is 2.22. The normalized spacial score (nSPS) is 12.1. The van der Waals surface area contributed by atoms with Gasteiger partial charge in [0.25, 0.3) is 0 Å². The van der Waals surface area contributed by atoms with Crippen LogP contribution in [0.15, 0.2) is 42.5 Å². The van der Waals surface area contributed by atoms with Gasteiger partial charge in [-0.25, -0.2) is 4.79 Å². The second kappa shape index (κ2) is 7.27. The van der Waals surface area contributed by atoms with Gasteiger partial charge in [-0.2, -0.15) is 5.10 Å². The van der Waals surface area contributed by atoms with E-state index in [0.29, 0.717) is 40.7 Å². The molecule has 9 nitrogen and oxygen atoms in total. The number of hydrogen-bond donors (Lipinski definition) is 0. The predicted octanol–water partition coefficient (Wildman–Crippen LogP) is 3.40. The summed E-state index contributed by atoms with van der Waals surface area (Å²) in [5, 5.41) is 15.4. The van der Waals surface area contributed by atoms with Gasteiger partial charge in [-0.3, -0.25) is 14.8 Å². The molecule has 29 heavy (non-hydrogen) atoms. The summed E-state index contributed by atoms with van der Waals surface area (Å²) >= 11 is 0. The minimum absolute atomic E-state index is 0.0222. The molecule has 0 fully saturated rings. The van der Waals surface area contributed by atoms with E-state index in [1.54, 1.807) is 61.0 Å².